The minimum Gasteiger partial charge on any atom is -0.493 e. The zero-order chi connectivity index (χ0) is 22.1. The van der Waals surface area contributed by atoms with Gasteiger partial charge in [-0.3, -0.25) is 9.79 Å². The van der Waals surface area contributed by atoms with Crippen LogP contribution in [0.4, 0.5) is 0 Å². The molecule has 7 nitrogen and oxygen atoms in total. The van der Waals surface area contributed by atoms with Gasteiger partial charge in [0.2, 0.25) is 0 Å². The van der Waals surface area contributed by atoms with Crippen molar-refractivity contribution in [3.8, 4) is 11.5 Å². The van der Waals surface area contributed by atoms with Crippen LogP contribution in [-0.4, -0.2) is 49.1 Å². The highest BCUT2D eigenvalue weighted by atomic mass is 16.5. The van der Waals surface area contributed by atoms with Crippen molar-refractivity contribution in [2.75, 3.05) is 14.2 Å². The number of benzene rings is 2. The van der Waals surface area contributed by atoms with Crippen molar-refractivity contribution >= 4 is 17.7 Å². The summed E-state index contributed by atoms with van der Waals surface area (Å²) in [6.07, 6.45) is 2.12. The van der Waals surface area contributed by atoms with Crippen molar-refractivity contribution in [3.05, 3.63) is 58.7 Å². The largest absolute Gasteiger partial charge is 0.493 e. The molecule has 1 heterocycles. The Bertz CT molecular complexity index is 1040. The van der Waals surface area contributed by atoms with E-state index in [9.17, 15) is 14.7 Å². The van der Waals surface area contributed by atoms with E-state index in [2.05, 4.69) is 0 Å². The number of carboxylic acids is 1. The Morgan fingerprint density at radius 2 is 1.71 bits per heavy atom. The first-order chi connectivity index (χ1) is 14.9. The highest BCUT2D eigenvalue weighted by Crippen LogP contribution is 2.45. The molecule has 0 bridgehead atoms. The summed E-state index contributed by atoms with van der Waals surface area (Å²) in [5.41, 5.74) is 3.88. The van der Waals surface area contributed by atoms with Crippen LogP contribution in [0.2, 0.25) is 0 Å². The number of carbonyl (C=O) groups is 2. The van der Waals surface area contributed by atoms with Crippen molar-refractivity contribution in [1.82, 2.24) is 0 Å². The average Bonchev–Trinajstić information content (AvgIpc) is 2.77. The van der Waals surface area contributed by atoms with E-state index in [0.717, 1.165) is 35.2 Å². The van der Waals surface area contributed by atoms with Crippen LogP contribution in [0.3, 0.4) is 0 Å². The Morgan fingerprint density at radius 1 is 1.03 bits per heavy atom. The molecular weight excluding hydrogens is 398 g/mol. The molecule has 1 aliphatic carbocycles. The van der Waals surface area contributed by atoms with Crippen molar-refractivity contribution in [3.63, 3.8) is 0 Å². The number of aliphatic imine (C=N–C) groups is 1. The fourth-order valence-corrected chi connectivity index (χ4v) is 4.59. The molecule has 0 saturated heterocycles. The molecule has 4 rings (SSSR count). The van der Waals surface area contributed by atoms with Gasteiger partial charge in [0.05, 0.1) is 31.5 Å². The van der Waals surface area contributed by atoms with E-state index in [0.29, 0.717) is 17.9 Å². The fraction of sp³-hybridized carbons (Fsp3) is 0.375. The third-order valence-electron chi connectivity index (χ3n) is 6.01. The smallest absolute Gasteiger partial charge is 0.335 e. The Labute approximate surface area is 180 Å². The maximum absolute atomic E-state index is 11.5. The van der Waals surface area contributed by atoms with Gasteiger partial charge < -0.3 is 19.3 Å². The third kappa shape index (κ3) is 4.00. The number of esters is 1. The van der Waals surface area contributed by atoms with Gasteiger partial charge in [-0.2, -0.15) is 0 Å². The molecule has 7 heteroatoms. The molecule has 1 fully saturated rings. The quantitative estimate of drug-likeness (QED) is 0.735. The molecule has 31 heavy (non-hydrogen) atoms. The molecular formula is C24H25NO6. The van der Waals surface area contributed by atoms with E-state index in [1.54, 1.807) is 38.5 Å². The lowest BCUT2D eigenvalue weighted by Crippen LogP contribution is -2.36. The lowest BCUT2D eigenvalue weighted by Gasteiger charge is -2.38. The van der Waals surface area contributed by atoms with Crippen molar-refractivity contribution < 1.29 is 28.9 Å². The summed E-state index contributed by atoms with van der Waals surface area (Å²) in [4.78, 5) is 27.8. The van der Waals surface area contributed by atoms with Crippen LogP contribution in [0, 0.1) is 0 Å². The van der Waals surface area contributed by atoms with Gasteiger partial charge in [0.25, 0.3) is 0 Å². The van der Waals surface area contributed by atoms with Gasteiger partial charge in [-0.25, -0.2) is 4.79 Å². The topological polar surface area (TPSA) is 94.4 Å². The number of carboxylic acid groups (broad SMARTS) is 1. The van der Waals surface area contributed by atoms with Crippen molar-refractivity contribution in [2.45, 2.75) is 44.2 Å². The van der Waals surface area contributed by atoms with Crippen LogP contribution in [0.15, 0.2) is 41.4 Å². The lowest BCUT2D eigenvalue weighted by atomic mass is 9.74. The van der Waals surface area contributed by atoms with Crippen molar-refractivity contribution in [1.29, 1.82) is 0 Å². The molecule has 0 spiro atoms. The van der Waals surface area contributed by atoms with Gasteiger partial charge >= 0.3 is 11.9 Å². The molecule has 1 aliphatic heterocycles. The van der Waals surface area contributed by atoms with E-state index in [-0.39, 0.29) is 29.6 Å². The molecule has 162 valence electrons. The highest BCUT2D eigenvalue weighted by Gasteiger charge is 2.38. The van der Waals surface area contributed by atoms with Crippen LogP contribution in [0.1, 0.15) is 59.2 Å². The van der Waals surface area contributed by atoms with Crippen molar-refractivity contribution in [2.24, 2.45) is 4.99 Å². The minimum absolute atomic E-state index is 0.0477. The maximum Gasteiger partial charge on any atom is 0.335 e. The number of hydrogen-bond donors (Lipinski definition) is 1. The first kappa shape index (κ1) is 20.9. The second-order valence-electron chi connectivity index (χ2n) is 7.87. The highest BCUT2D eigenvalue weighted by molar-refractivity contribution is 6.15. The van der Waals surface area contributed by atoms with Crippen LogP contribution >= 0.6 is 0 Å². The van der Waals surface area contributed by atoms with Crippen LogP contribution in [0.25, 0.3) is 0 Å². The number of nitrogens with zero attached hydrogens (tertiary/aromatic N) is 1. The Balaban J connectivity index is 1.80. The molecule has 0 radical (unpaired) electrons. The predicted molar refractivity (Wildman–Crippen MR) is 115 cm³/mol. The molecule has 0 aromatic heterocycles. The summed E-state index contributed by atoms with van der Waals surface area (Å²) in [7, 11) is 3.19. The van der Waals surface area contributed by atoms with E-state index < -0.39 is 5.97 Å². The normalized spacial score (nSPS) is 21.9. The molecule has 1 N–H and O–H groups in total. The summed E-state index contributed by atoms with van der Waals surface area (Å²) in [6.45, 7) is 1.44. The van der Waals surface area contributed by atoms with Gasteiger partial charge in [0, 0.05) is 24.0 Å². The van der Waals surface area contributed by atoms with Crippen LogP contribution in [-0.2, 0) is 9.53 Å². The minimum atomic E-state index is -0.965. The molecule has 0 amide bonds. The first-order valence-electron chi connectivity index (χ1n) is 10.3. The summed E-state index contributed by atoms with van der Waals surface area (Å²) < 4.78 is 16.6. The second-order valence-corrected chi connectivity index (χ2v) is 7.87. The third-order valence-corrected chi connectivity index (χ3v) is 6.01. The molecule has 2 aromatic rings. The van der Waals surface area contributed by atoms with Crippen LogP contribution < -0.4 is 9.47 Å². The Kier molecular flexibility index (Phi) is 5.67. The Morgan fingerprint density at radius 3 is 2.32 bits per heavy atom. The predicted octanol–water partition coefficient (Wildman–Crippen LogP) is 3.82. The summed E-state index contributed by atoms with van der Waals surface area (Å²) in [5, 5.41) is 9.21. The number of hydrogen-bond acceptors (Lipinski definition) is 6. The molecule has 2 aliphatic rings. The van der Waals surface area contributed by atoms with Crippen LogP contribution in [0.5, 0.6) is 11.5 Å². The number of aromatic carboxylic acids is 1. The SMILES string of the molecule is COc1cc2c(cc1OC)C1CC(OC(C)=O)CCC1N=C2c1ccc(C(=O)O)cc1. The molecule has 3 atom stereocenters. The Hall–Kier alpha value is -3.35. The summed E-state index contributed by atoms with van der Waals surface area (Å²) in [6, 6.07) is 10.7. The molecule has 3 unspecified atom stereocenters. The fourth-order valence-electron chi connectivity index (χ4n) is 4.59. The maximum atomic E-state index is 11.5. The zero-order valence-electron chi connectivity index (χ0n) is 17.8. The van der Waals surface area contributed by atoms with Gasteiger partial charge in [-0.15, -0.1) is 0 Å². The van der Waals surface area contributed by atoms with Gasteiger partial charge in [0.15, 0.2) is 11.5 Å². The van der Waals surface area contributed by atoms with Gasteiger partial charge in [-0.05, 0) is 49.1 Å². The lowest BCUT2D eigenvalue weighted by molar-refractivity contribution is -0.148. The number of ether oxygens (including phenoxy) is 3. The molecule has 1 saturated carbocycles. The standard InChI is InChI=1S/C24H25NO6/c1-13(26)31-16-8-9-20-18(10-16)17-11-21(29-2)22(30-3)12-19(17)23(25-20)14-4-6-15(7-5-14)24(27)28/h4-7,11-12,16,18,20H,8-10H2,1-3H3,(H,27,28). The van der Waals surface area contributed by atoms with E-state index in [4.69, 9.17) is 19.2 Å². The zero-order valence-corrected chi connectivity index (χ0v) is 17.8. The van der Waals surface area contributed by atoms with E-state index in [1.165, 1.54) is 6.92 Å². The number of carbonyl (C=O) groups excluding carboxylic acids is 1. The number of fused-ring (bicyclic) bond motifs is 3. The summed E-state index contributed by atoms with van der Waals surface area (Å²) in [5.74, 6) is 0.0937. The van der Waals surface area contributed by atoms with Gasteiger partial charge in [0.1, 0.15) is 6.10 Å². The summed E-state index contributed by atoms with van der Waals surface area (Å²) >= 11 is 0. The van der Waals surface area contributed by atoms with Gasteiger partial charge in [-0.1, -0.05) is 12.1 Å². The monoisotopic (exact) mass is 423 g/mol. The second kappa shape index (κ2) is 8.41. The van der Waals surface area contributed by atoms with E-state index in [1.807, 2.05) is 12.1 Å². The first-order valence-corrected chi connectivity index (χ1v) is 10.3. The number of rotatable bonds is 5. The molecule has 2 aromatic carbocycles. The number of methoxy groups -OCH3 is 2. The average molecular weight is 423 g/mol. The van der Waals surface area contributed by atoms with E-state index >= 15 is 0 Å².